The second-order valence-electron chi connectivity index (χ2n) is 4.55. The largest absolute Gasteiger partial charge is 0.335 e. The Bertz CT molecular complexity index is 885. The molecular weight excluding hydrogens is 280 g/mol. The van der Waals surface area contributed by atoms with Crippen LogP contribution in [0.25, 0.3) is 34.0 Å². The third kappa shape index (κ3) is 2.05. The lowest BCUT2D eigenvalue weighted by atomic mass is 10.0. The van der Waals surface area contributed by atoms with Crippen molar-refractivity contribution in [3.63, 3.8) is 0 Å². The van der Waals surface area contributed by atoms with Gasteiger partial charge in [-0.15, -0.1) is 5.10 Å². The highest BCUT2D eigenvalue weighted by Crippen LogP contribution is 2.34. The fraction of sp³-hybridized carbons (Fsp3) is 0. The number of aromatic nitrogens is 6. The first kappa shape index (κ1) is 12.4. The Hall–Kier alpha value is -3.35. The molecule has 22 heavy (non-hydrogen) atoms. The van der Waals surface area contributed by atoms with Crippen LogP contribution in [0.3, 0.4) is 0 Å². The molecule has 7 heteroatoms. The lowest BCUT2D eigenvalue weighted by Crippen LogP contribution is -1.90. The molecule has 4 aromatic rings. The SMILES string of the molecule is c1ccc(-c2cn[nH]c2-c2cccnc2-c2cnno2)nc1. The van der Waals surface area contributed by atoms with E-state index >= 15 is 0 Å². The molecule has 4 heterocycles. The maximum atomic E-state index is 5.13. The van der Waals surface area contributed by atoms with Gasteiger partial charge < -0.3 is 4.52 Å². The van der Waals surface area contributed by atoms with Crippen molar-refractivity contribution in [2.45, 2.75) is 0 Å². The van der Waals surface area contributed by atoms with Gasteiger partial charge in [0, 0.05) is 28.8 Å². The molecule has 0 radical (unpaired) electrons. The van der Waals surface area contributed by atoms with Crippen LogP contribution in [-0.2, 0) is 0 Å². The summed E-state index contributed by atoms with van der Waals surface area (Å²) < 4.78 is 5.13. The molecule has 0 aliphatic rings. The zero-order valence-electron chi connectivity index (χ0n) is 11.3. The second kappa shape index (κ2) is 5.21. The van der Waals surface area contributed by atoms with Crippen molar-refractivity contribution in [1.29, 1.82) is 0 Å². The van der Waals surface area contributed by atoms with Crippen LogP contribution < -0.4 is 0 Å². The van der Waals surface area contributed by atoms with Crippen LogP contribution in [-0.4, -0.2) is 30.5 Å². The van der Waals surface area contributed by atoms with Gasteiger partial charge in [0.25, 0.3) is 0 Å². The van der Waals surface area contributed by atoms with E-state index < -0.39 is 0 Å². The maximum Gasteiger partial charge on any atom is 0.206 e. The van der Waals surface area contributed by atoms with Gasteiger partial charge in [-0.05, 0) is 24.3 Å². The molecule has 0 fully saturated rings. The number of aromatic amines is 1. The van der Waals surface area contributed by atoms with Crippen LogP contribution in [0.4, 0.5) is 0 Å². The lowest BCUT2D eigenvalue weighted by Gasteiger charge is -2.06. The van der Waals surface area contributed by atoms with Crippen molar-refractivity contribution < 1.29 is 4.52 Å². The topological polar surface area (TPSA) is 93.4 Å². The van der Waals surface area contributed by atoms with E-state index in [1.54, 1.807) is 18.6 Å². The van der Waals surface area contributed by atoms with Crippen LogP contribution in [0.15, 0.2) is 59.6 Å². The molecule has 106 valence electrons. The number of pyridine rings is 2. The first-order valence-corrected chi connectivity index (χ1v) is 6.61. The molecule has 0 aromatic carbocycles. The molecule has 0 aliphatic carbocycles. The van der Waals surface area contributed by atoms with Gasteiger partial charge in [-0.2, -0.15) is 5.10 Å². The van der Waals surface area contributed by atoms with Gasteiger partial charge in [0.1, 0.15) is 11.9 Å². The lowest BCUT2D eigenvalue weighted by molar-refractivity contribution is 0.403. The molecule has 0 unspecified atom stereocenters. The predicted molar refractivity (Wildman–Crippen MR) is 78.3 cm³/mol. The number of hydrogen-bond acceptors (Lipinski definition) is 6. The third-order valence-electron chi connectivity index (χ3n) is 3.25. The smallest absolute Gasteiger partial charge is 0.206 e. The van der Waals surface area contributed by atoms with Crippen molar-refractivity contribution in [1.82, 2.24) is 30.5 Å². The summed E-state index contributed by atoms with van der Waals surface area (Å²) in [5, 5.41) is 14.4. The monoisotopic (exact) mass is 290 g/mol. The number of nitrogens with zero attached hydrogens (tertiary/aromatic N) is 5. The molecule has 4 aromatic heterocycles. The van der Waals surface area contributed by atoms with E-state index in [1.807, 2.05) is 30.3 Å². The fourth-order valence-corrected chi connectivity index (χ4v) is 2.28. The summed E-state index contributed by atoms with van der Waals surface area (Å²) in [7, 11) is 0. The highest BCUT2D eigenvalue weighted by atomic mass is 16.5. The summed E-state index contributed by atoms with van der Waals surface area (Å²) in [5.41, 5.74) is 4.03. The Balaban J connectivity index is 1.90. The van der Waals surface area contributed by atoms with E-state index in [0.717, 1.165) is 22.5 Å². The molecular formula is C15H10N6O. The number of H-pyrrole nitrogens is 1. The molecule has 0 saturated carbocycles. The molecule has 1 N–H and O–H groups in total. The Morgan fingerprint density at radius 2 is 1.86 bits per heavy atom. The van der Waals surface area contributed by atoms with E-state index in [2.05, 4.69) is 30.5 Å². The molecule has 7 nitrogen and oxygen atoms in total. The second-order valence-corrected chi connectivity index (χ2v) is 4.55. The summed E-state index contributed by atoms with van der Waals surface area (Å²) in [6, 6.07) is 9.53. The Kier molecular flexibility index (Phi) is 2.93. The van der Waals surface area contributed by atoms with Crippen molar-refractivity contribution >= 4 is 0 Å². The molecule has 0 saturated heterocycles. The van der Waals surface area contributed by atoms with E-state index in [4.69, 9.17) is 4.52 Å². The first-order valence-electron chi connectivity index (χ1n) is 6.61. The normalized spacial score (nSPS) is 10.7. The average molecular weight is 290 g/mol. The van der Waals surface area contributed by atoms with Crippen molar-refractivity contribution in [3.8, 4) is 34.0 Å². The van der Waals surface area contributed by atoms with Gasteiger partial charge in [-0.3, -0.25) is 15.1 Å². The van der Waals surface area contributed by atoms with E-state index in [9.17, 15) is 0 Å². The Morgan fingerprint density at radius 3 is 2.68 bits per heavy atom. The van der Waals surface area contributed by atoms with E-state index in [1.165, 1.54) is 6.20 Å². The van der Waals surface area contributed by atoms with Crippen LogP contribution in [0.5, 0.6) is 0 Å². The van der Waals surface area contributed by atoms with Gasteiger partial charge in [0.2, 0.25) is 5.76 Å². The number of hydrogen-bond donors (Lipinski definition) is 1. The van der Waals surface area contributed by atoms with Crippen LogP contribution in [0.1, 0.15) is 0 Å². The standard InChI is InChI=1S/C15H10N6O/c1-2-6-16-12(5-1)11-8-18-20-14(11)10-4-3-7-17-15(10)13-9-19-21-22-13/h1-9H,(H,18,20). The van der Waals surface area contributed by atoms with Gasteiger partial charge in [0.05, 0.1) is 17.6 Å². The predicted octanol–water partition coefficient (Wildman–Crippen LogP) is 2.58. The summed E-state index contributed by atoms with van der Waals surface area (Å²) in [4.78, 5) is 8.74. The van der Waals surface area contributed by atoms with E-state index in [-0.39, 0.29) is 0 Å². The van der Waals surface area contributed by atoms with Gasteiger partial charge in [-0.1, -0.05) is 6.07 Å². The van der Waals surface area contributed by atoms with Crippen LogP contribution in [0, 0.1) is 0 Å². The third-order valence-corrected chi connectivity index (χ3v) is 3.25. The molecule has 0 aliphatic heterocycles. The van der Waals surface area contributed by atoms with Crippen LogP contribution >= 0.6 is 0 Å². The van der Waals surface area contributed by atoms with Crippen molar-refractivity contribution in [2.75, 3.05) is 0 Å². The quantitative estimate of drug-likeness (QED) is 0.623. The summed E-state index contributed by atoms with van der Waals surface area (Å²) in [6.45, 7) is 0. The highest BCUT2D eigenvalue weighted by molar-refractivity contribution is 5.85. The van der Waals surface area contributed by atoms with Gasteiger partial charge >= 0.3 is 0 Å². The average Bonchev–Trinajstić information content (AvgIpc) is 3.27. The maximum absolute atomic E-state index is 5.13. The Labute approximate surface area is 125 Å². The molecule has 0 bridgehead atoms. The highest BCUT2D eigenvalue weighted by Gasteiger charge is 2.17. The molecule has 0 amide bonds. The summed E-state index contributed by atoms with van der Waals surface area (Å²) in [5.74, 6) is 0.497. The van der Waals surface area contributed by atoms with Gasteiger partial charge in [0.15, 0.2) is 0 Å². The summed E-state index contributed by atoms with van der Waals surface area (Å²) >= 11 is 0. The molecule has 0 spiro atoms. The van der Waals surface area contributed by atoms with Crippen LogP contribution in [0.2, 0.25) is 0 Å². The van der Waals surface area contributed by atoms with E-state index in [0.29, 0.717) is 11.5 Å². The van der Waals surface area contributed by atoms with Crippen molar-refractivity contribution in [3.05, 3.63) is 55.1 Å². The minimum atomic E-state index is 0.497. The zero-order chi connectivity index (χ0) is 14.8. The summed E-state index contributed by atoms with van der Waals surface area (Å²) in [6.07, 6.45) is 6.71. The Morgan fingerprint density at radius 1 is 0.909 bits per heavy atom. The minimum absolute atomic E-state index is 0.497. The number of rotatable bonds is 3. The fourth-order valence-electron chi connectivity index (χ4n) is 2.28. The first-order chi connectivity index (χ1) is 10.9. The molecule has 4 rings (SSSR count). The van der Waals surface area contributed by atoms with Gasteiger partial charge in [-0.25, -0.2) is 0 Å². The van der Waals surface area contributed by atoms with Crippen molar-refractivity contribution in [2.24, 2.45) is 0 Å². The number of nitrogens with one attached hydrogen (secondary N) is 1. The zero-order valence-corrected chi connectivity index (χ0v) is 11.3. The molecule has 0 atom stereocenters. The minimum Gasteiger partial charge on any atom is -0.335 e.